The molecule has 0 atom stereocenters. The first-order valence-electron chi connectivity index (χ1n) is 12.5. The standard InChI is InChI=1S/C30H25F3N2O4S2/c1-18-12-22(10-11-25(18)38-14-29(36)37)41-15-20-13-26(19-6-8-21(9-7-19)30(31,32)33)39-27(20)16-40-17-28-34-23-4-2-3-5-24(23)35-28/h2-13H,14-17H2,1H3,(H,34,35)(H,36,37). The predicted molar refractivity (Wildman–Crippen MR) is 154 cm³/mol. The van der Waals surface area contributed by atoms with E-state index in [2.05, 4.69) is 9.97 Å². The van der Waals surface area contributed by atoms with Gasteiger partial charge >= 0.3 is 12.1 Å². The zero-order valence-corrected chi connectivity index (χ0v) is 23.5. The second-order valence-electron chi connectivity index (χ2n) is 9.23. The van der Waals surface area contributed by atoms with Gasteiger partial charge in [-0.05, 0) is 61.0 Å². The van der Waals surface area contributed by atoms with Crippen molar-refractivity contribution in [3.63, 3.8) is 0 Å². The van der Waals surface area contributed by atoms with Gasteiger partial charge in [0.15, 0.2) is 6.61 Å². The number of thioether (sulfide) groups is 2. The van der Waals surface area contributed by atoms with E-state index in [1.165, 1.54) is 12.1 Å². The average Bonchev–Trinajstić information content (AvgIpc) is 3.54. The number of hydrogen-bond donors (Lipinski definition) is 2. The molecule has 212 valence electrons. The summed E-state index contributed by atoms with van der Waals surface area (Å²) in [6.45, 7) is 1.44. The van der Waals surface area contributed by atoms with E-state index in [0.717, 1.165) is 50.8 Å². The van der Waals surface area contributed by atoms with Crippen LogP contribution in [-0.4, -0.2) is 27.7 Å². The Balaban J connectivity index is 1.32. The van der Waals surface area contributed by atoms with Gasteiger partial charge < -0.3 is 19.2 Å². The van der Waals surface area contributed by atoms with Crippen LogP contribution in [0.2, 0.25) is 0 Å². The van der Waals surface area contributed by atoms with Crippen molar-refractivity contribution in [3.8, 4) is 17.1 Å². The number of furan rings is 1. The van der Waals surface area contributed by atoms with Crippen molar-refractivity contribution in [2.45, 2.75) is 35.3 Å². The molecule has 0 fully saturated rings. The number of H-pyrrole nitrogens is 1. The maximum atomic E-state index is 13.1. The number of fused-ring (bicyclic) bond motifs is 1. The fourth-order valence-corrected chi connectivity index (χ4v) is 6.02. The molecule has 0 radical (unpaired) electrons. The van der Waals surface area contributed by atoms with Crippen molar-refractivity contribution in [2.24, 2.45) is 0 Å². The summed E-state index contributed by atoms with van der Waals surface area (Å²) >= 11 is 3.20. The van der Waals surface area contributed by atoms with E-state index in [4.69, 9.17) is 14.3 Å². The van der Waals surface area contributed by atoms with E-state index in [9.17, 15) is 18.0 Å². The van der Waals surface area contributed by atoms with Gasteiger partial charge in [0.2, 0.25) is 0 Å². The number of aryl methyl sites for hydroxylation is 1. The third-order valence-corrected chi connectivity index (χ3v) is 8.18. The molecule has 5 rings (SSSR count). The van der Waals surface area contributed by atoms with Crippen LogP contribution in [0.15, 0.2) is 82.1 Å². The monoisotopic (exact) mass is 598 g/mol. The Morgan fingerprint density at radius 1 is 1.02 bits per heavy atom. The number of nitrogens with zero attached hydrogens (tertiary/aromatic N) is 1. The molecule has 2 aromatic heterocycles. The number of rotatable bonds is 11. The predicted octanol–water partition coefficient (Wildman–Crippen LogP) is 8.34. The molecule has 0 amide bonds. The summed E-state index contributed by atoms with van der Waals surface area (Å²) in [7, 11) is 0. The zero-order valence-electron chi connectivity index (χ0n) is 21.8. The SMILES string of the molecule is Cc1cc(SCc2cc(-c3ccc(C(F)(F)F)cc3)oc2CSCc2nc3ccccc3[nH]2)ccc1OCC(=O)O. The summed E-state index contributed by atoms with van der Waals surface area (Å²) < 4.78 is 50.7. The topological polar surface area (TPSA) is 88.4 Å². The first-order valence-corrected chi connectivity index (χ1v) is 14.7. The van der Waals surface area contributed by atoms with Crippen LogP contribution in [0.5, 0.6) is 5.75 Å². The van der Waals surface area contributed by atoms with Crippen LogP contribution in [0.1, 0.15) is 28.3 Å². The minimum Gasteiger partial charge on any atom is -0.482 e. The lowest BCUT2D eigenvalue weighted by Crippen LogP contribution is -2.09. The van der Waals surface area contributed by atoms with E-state index in [1.54, 1.807) is 29.6 Å². The summed E-state index contributed by atoms with van der Waals surface area (Å²) in [6.07, 6.45) is -4.41. The Bertz CT molecular complexity index is 1630. The normalized spacial score (nSPS) is 11.7. The van der Waals surface area contributed by atoms with Crippen LogP contribution in [0, 0.1) is 6.92 Å². The summed E-state index contributed by atoms with van der Waals surface area (Å²) in [5, 5.41) is 8.85. The Labute approximate surface area is 242 Å². The van der Waals surface area contributed by atoms with Gasteiger partial charge in [-0.2, -0.15) is 13.2 Å². The maximum Gasteiger partial charge on any atom is 0.416 e. The molecule has 6 nitrogen and oxygen atoms in total. The van der Waals surface area contributed by atoms with Crippen LogP contribution in [0.3, 0.4) is 0 Å². The van der Waals surface area contributed by atoms with E-state index in [0.29, 0.717) is 34.3 Å². The fraction of sp³-hybridized carbons (Fsp3) is 0.200. The molecule has 3 aromatic carbocycles. The second-order valence-corrected chi connectivity index (χ2v) is 11.3. The number of carboxylic acid groups (broad SMARTS) is 1. The highest BCUT2D eigenvalue weighted by Gasteiger charge is 2.30. The van der Waals surface area contributed by atoms with Gasteiger partial charge in [0.25, 0.3) is 0 Å². The minimum atomic E-state index is -4.41. The number of aliphatic carboxylic acids is 1. The number of carboxylic acids is 1. The number of nitrogens with one attached hydrogen (secondary N) is 1. The molecule has 0 saturated carbocycles. The quantitative estimate of drug-likeness (QED) is 0.148. The molecule has 0 saturated heterocycles. The third-order valence-electron chi connectivity index (χ3n) is 6.20. The van der Waals surface area contributed by atoms with Crippen molar-refractivity contribution in [3.05, 3.63) is 101 Å². The van der Waals surface area contributed by atoms with Crippen LogP contribution in [0.4, 0.5) is 13.2 Å². The molecule has 0 aliphatic heterocycles. The zero-order chi connectivity index (χ0) is 29.0. The Morgan fingerprint density at radius 3 is 2.51 bits per heavy atom. The van der Waals surface area contributed by atoms with Crippen molar-refractivity contribution in [2.75, 3.05) is 6.61 Å². The van der Waals surface area contributed by atoms with Gasteiger partial charge in [-0.15, -0.1) is 23.5 Å². The van der Waals surface area contributed by atoms with E-state index >= 15 is 0 Å². The van der Waals surface area contributed by atoms with E-state index in [-0.39, 0.29) is 0 Å². The van der Waals surface area contributed by atoms with E-state index in [1.807, 2.05) is 49.4 Å². The van der Waals surface area contributed by atoms with Gasteiger partial charge in [-0.3, -0.25) is 0 Å². The number of ether oxygens (including phenoxy) is 1. The summed E-state index contributed by atoms with van der Waals surface area (Å²) in [5.74, 6) is 3.31. The molecule has 0 aliphatic carbocycles. The number of aromatic amines is 1. The number of imidazole rings is 1. The highest BCUT2D eigenvalue weighted by atomic mass is 32.2. The lowest BCUT2D eigenvalue weighted by molar-refractivity contribution is -0.139. The van der Waals surface area contributed by atoms with Crippen LogP contribution in [0.25, 0.3) is 22.4 Å². The fourth-order valence-electron chi connectivity index (χ4n) is 4.17. The third kappa shape index (κ3) is 7.28. The highest BCUT2D eigenvalue weighted by Crippen LogP contribution is 2.36. The summed E-state index contributed by atoms with van der Waals surface area (Å²) in [4.78, 5) is 19.7. The Morgan fingerprint density at radius 2 is 1.80 bits per heavy atom. The van der Waals surface area contributed by atoms with Gasteiger partial charge in [0, 0.05) is 21.8 Å². The molecule has 11 heteroatoms. The first-order chi connectivity index (χ1) is 19.7. The maximum absolute atomic E-state index is 13.1. The molecule has 2 N–H and O–H groups in total. The first kappa shape index (κ1) is 28.7. The lowest BCUT2D eigenvalue weighted by atomic mass is 10.1. The largest absolute Gasteiger partial charge is 0.482 e. The molecule has 0 spiro atoms. The van der Waals surface area contributed by atoms with Crippen LogP contribution >= 0.6 is 23.5 Å². The van der Waals surface area contributed by atoms with Crippen molar-refractivity contribution in [1.82, 2.24) is 9.97 Å². The molecule has 0 bridgehead atoms. The number of benzene rings is 3. The molecule has 0 aliphatic rings. The molecule has 5 aromatic rings. The number of para-hydroxylation sites is 2. The minimum absolute atomic E-state index is 0.413. The average molecular weight is 599 g/mol. The number of halogens is 3. The molecular weight excluding hydrogens is 573 g/mol. The van der Waals surface area contributed by atoms with E-state index < -0.39 is 24.3 Å². The van der Waals surface area contributed by atoms with Crippen molar-refractivity contribution in [1.29, 1.82) is 0 Å². The Kier molecular flexibility index (Phi) is 8.65. The van der Waals surface area contributed by atoms with Gasteiger partial charge in [0.05, 0.1) is 28.1 Å². The molecular formula is C30H25F3N2O4S2. The molecule has 41 heavy (non-hydrogen) atoms. The summed E-state index contributed by atoms with van der Waals surface area (Å²) in [6, 6.07) is 20.2. The van der Waals surface area contributed by atoms with Gasteiger partial charge in [-0.1, -0.05) is 24.3 Å². The number of aromatic nitrogens is 2. The van der Waals surface area contributed by atoms with Gasteiger partial charge in [-0.25, -0.2) is 9.78 Å². The Hall–Kier alpha value is -3.83. The smallest absolute Gasteiger partial charge is 0.416 e. The number of carbonyl (C=O) groups is 1. The molecule has 0 unspecified atom stereocenters. The number of alkyl halides is 3. The van der Waals surface area contributed by atoms with Crippen LogP contribution in [-0.2, 0) is 28.2 Å². The van der Waals surface area contributed by atoms with Crippen molar-refractivity contribution < 1.29 is 32.2 Å². The van der Waals surface area contributed by atoms with Crippen molar-refractivity contribution >= 4 is 40.5 Å². The van der Waals surface area contributed by atoms with Gasteiger partial charge in [0.1, 0.15) is 23.1 Å². The highest BCUT2D eigenvalue weighted by molar-refractivity contribution is 7.98. The summed E-state index contributed by atoms with van der Waals surface area (Å²) in [5.41, 5.74) is 3.47. The molecule has 2 heterocycles. The lowest BCUT2D eigenvalue weighted by Gasteiger charge is -2.09. The van der Waals surface area contributed by atoms with Crippen LogP contribution < -0.4 is 4.74 Å². The second kappa shape index (κ2) is 12.4. The number of hydrogen-bond acceptors (Lipinski definition) is 6.